The molecule has 0 rings (SSSR count). The monoisotopic (exact) mass is 919 g/mol. The van der Waals surface area contributed by atoms with Crippen LogP contribution in [0.2, 0.25) is 0 Å². The topological polar surface area (TPSA) is 78.9 Å². The Bertz CT molecular complexity index is 1620. The smallest absolute Gasteiger partial charge is 0.306 e. The van der Waals surface area contributed by atoms with Crippen LogP contribution in [0.15, 0.2) is 170 Å². The van der Waals surface area contributed by atoms with Crippen molar-refractivity contribution in [3.05, 3.63) is 170 Å². The summed E-state index contributed by atoms with van der Waals surface area (Å²) in [7, 11) is 0. The molecule has 6 nitrogen and oxygen atoms in total. The Morgan fingerprint density at radius 1 is 0.313 bits per heavy atom. The molecule has 0 bridgehead atoms. The van der Waals surface area contributed by atoms with Crippen LogP contribution in [0.4, 0.5) is 0 Å². The van der Waals surface area contributed by atoms with Gasteiger partial charge in [0, 0.05) is 19.3 Å². The second-order valence-electron chi connectivity index (χ2n) is 16.2. The number of esters is 3. The van der Waals surface area contributed by atoms with Crippen molar-refractivity contribution >= 4 is 17.9 Å². The predicted molar refractivity (Wildman–Crippen MR) is 288 cm³/mol. The Balaban J connectivity index is 4.59. The first kappa shape index (κ1) is 61.8. The van der Waals surface area contributed by atoms with Gasteiger partial charge in [-0.2, -0.15) is 0 Å². The molecule has 0 heterocycles. The van der Waals surface area contributed by atoms with Crippen LogP contribution >= 0.6 is 0 Å². The molecular weight excluding hydrogens is 829 g/mol. The standard InChI is InChI=1S/C61H90O6/c1-4-7-10-13-16-19-22-25-27-29-30-32-33-36-39-42-45-48-51-54-60(63)66-57-58(56-65-59(62)53-50-47-44-41-38-35-24-21-18-15-12-9-6-3)67-61(64)55-52-49-46-43-40-37-34-31-28-26-23-20-17-14-11-8-5-2/h7-12,14-21,23-28,31,34-35,37-38,40-41,44,58H,4-6,13,22,29-30,32-33,36,39,42-43,45-57H2,1-3H3/b10-7+,11-8+,12-9+,17-14+,18-15+,19-16+,23-20+,24-21+,27-25+,28-26+,34-31+,38-35+,40-37+,44-41+. The van der Waals surface area contributed by atoms with Crippen LogP contribution < -0.4 is 0 Å². The largest absolute Gasteiger partial charge is 0.462 e. The summed E-state index contributed by atoms with van der Waals surface area (Å²) >= 11 is 0. The second-order valence-corrected chi connectivity index (χ2v) is 16.2. The minimum atomic E-state index is -0.842. The zero-order chi connectivity index (χ0) is 48.6. The number of hydrogen-bond donors (Lipinski definition) is 0. The fourth-order valence-corrected chi connectivity index (χ4v) is 6.22. The van der Waals surface area contributed by atoms with E-state index < -0.39 is 6.10 Å². The second kappa shape index (κ2) is 53.4. The normalized spacial score (nSPS) is 13.5. The Kier molecular flexibility index (Phi) is 49.2. The third-order valence-electron chi connectivity index (χ3n) is 9.99. The van der Waals surface area contributed by atoms with Crippen LogP contribution in [0.5, 0.6) is 0 Å². The van der Waals surface area contributed by atoms with Crippen molar-refractivity contribution in [3.8, 4) is 0 Å². The van der Waals surface area contributed by atoms with Gasteiger partial charge < -0.3 is 14.2 Å². The highest BCUT2D eigenvalue weighted by Gasteiger charge is 2.19. The fraction of sp³-hybridized carbons (Fsp3) is 0.492. The molecule has 0 radical (unpaired) electrons. The van der Waals surface area contributed by atoms with E-state index in [9.17, 15) is 14.4 Å². The third kappa shape index (κ3) is 51.6. The molecule has 1 unspecified atom stereocenters. The number of unbranched alkanes of at least 4 members (excludes halogenated alkanes) is 13. The van der Waals surface area contributed by atoms with Crippen LogP contribution in [0.1, 0.15) is 175 Å². The number of allylic oxidation sites excluding steroid dienone is 28. The van der Waals surface area contributed by atoms with Crippen molar-refractivity contribution < 1.29 is 28.6 Å². The van der Waals surface area contributed by atoms with Gasteiger partial charge in [-0.05, 0) is 83.5 Å². The van der Waals surface area contributed by atoms with Crippen molar-refractivity contribution in [2.45, 2.75) is 181 Å². The molecule has 0 aliphatic rings. The van der Waals surface area contributed by atoms with Gasteiger partial charge in [-0.25, -0.2) is 0 Å². The van der Waals surface area contributed by atoms with Crippen molar-refractivity contribution in [1.29, 1.82) is 0 Å². The Morgan fingerprint density at radius 3 is 1.09 bits per heavy atom. The molecule has 0 saturated carbocycles. The molecular formula is C61H90O6. The summed E-state index contributed by atoms with van der Waals surface area (Å²) < 4.78 is 16.7. The van der Waals surface area contributed by atoms with E-state index in [4.69, 9.17) is 14.2 Å². The summed E-state index contributed by atoms with van der Waals surface area (Å²) in [5, 5.41) is 0. The number of hydrogen-bond acceptors (Lipinski definition) is 6. The number of ether oxygens (including phenoxy) is 3. The highest BCUT2D eigenvalue weighted by Crippen LogP contribution is 2.13. The van der Waals surface area contributed by atoms with Gasteiger partial charge in [0.2, 0.25) is 0 Å². The lowest BCUT2D eigenvalue weighted by Gasteiger charge is -2.18. The van der Waals surface area contributed by atoms with Crippen LogP contribution in [0, 0.1) is 0 Å². The summed E-state index contributed by atoms with van der Waals surface area (Å²) in [6, 6.07) is 0. The molecule has 0 aromatic carbocycles. The molecule has 0 saturated heterocycles. The van der Waals surface area contributed by atoms with Crippen molar-refractivity contribution in [1.82, 2.24) is 0 Å². The molecule has 0 aliphatic carbocycles. The van der Waals surface area contributed by atoms with E-state index in [1.807, 2.05) is 115 Å². The molecule has 0 amide bonds. The SMILES string of the molecule is CC/C=C/C=C/C=C/C=C/C=C/C=C/CCCCCC(=O)OC(COC(=O)CCC/C=C/C=C/C=C/C=C/C=C/CC)COC(=O)CCCCCCCCCCC/C=C/C/C=C/C/C=C/CC. The average molecular weight is 919 g/mol. The number of carbonyl (C=O) groups excluding carboxylic acids is 3. The van der Waals surface area contributed by atoms with E-state index in [1.54, 1.807) is 0 Å². The molecule has 370 valence electrons. The maximum Gasteiger partial charge on any atom is 0.306 e. The zero-order valence-electron chi connectivity index (χ0n) is 42.1. The van der Waals surface area contributed by atoms with Gasteiger partial charge in [-0.1, -0.05) is 242 Å². The van der Waals surface area contributed by atoms with Crippen molar-refractivity contribution in [2.75, 3.05) is 13.2 Å². The fourth-order valence-electron chi connectivity index (χ4n) is 6.22. The van der Waals surface area contributed by atoms with Crippen LogP contribution in [-0.4, -0.2) is 37.2 Å². The lowest BCUT2D eigenvalue weighted by atomic mass is 10.1. The maximum atomic E-state index is 12.8. The highest BCUT2D eigenvalue weighted by atomic mass is 16.6. The summed E-state index contributed by atoms with van der Waals surface area (Å²) in [6.45, 7) is 6.10. The summed E-state index contributed by atoms with van der Waals surface area (Å²) in [5.41, 5.74) is 0. The molecule has 0 aliphatic heterocycles. The van der Waals surface area contributed by atoms with Crippen LogP contribution in [-0.2, 0) is 28.6 Å². The zero-order valence-corrected chi connectivity index (χ0v) is 42.1. The average Bonchev–Trinajstić information content (AvgIpc) is 3.33. The van der Waals surface area contributed by atoms with Gasteiger partial charge in [-0.3, -0.25) is 14.4 Å². The van der Waals surface area contributed by atoms with Gasteiger partial charge in [0.05, 0.1) is 0 Å². The first-order valence-corrected chi connectivity index (χ1v) is 25.8. The van der Waals surface area contributed by atoms with Gasteiger partial charge >= 0.3 is 17.9 Å². The highest BCUT2D eigenvalue weighted by molar-refractivity contribution is 5.71. The van der Waals surface area contributed by atoms with Crippen molar-refractivity contribution in [2.24, 2.45) is 0 Å². The van der Waals surface area contributed by atoms with Crippen LogP contribution in [0.3, 0.4) is 0 Å². The van der Waals surface area contributed by atoms with E-state index in [0.717, 1.165) is 83.5 Å². The molecule has 0 spiro atoms. The summed E-state index contributed by atoms with van der Waals surface area (Å²) in [5.74, 6) is -1.07. The molecule has 1 atom stereocenters. The third-order valence-corrected chi connectivity index (χ3v) is 9.99. The number of carbonyl (C=O) groups is 3. The van der Waals surface area contributed by atoms with Crippen LogP contribution in [0.25, 0.3) is 0 Å². The van der Waals surface area contributed by atoms with E-state index in [0.29, 0.717) is 19.3 Å². The number of rotatable bonds is 43. The van der Waals surface area contributed by atoms with Gasteiger partial charge in [0.1, 0.15) is 13.2 Å². The Morgan fingerprint density at radius 2 is 0.627 bits per heavy atom. The minimum absolute atomic E-state index is 0.131. The summed E-state index contributed by atoms with van der Waals surface area (Å²) in [6.07, 6.45) is 79.1. The van der Waals surface area contributed by atoms with E-state index in [2.05, 4.69) is 75.5 Å². The van der Waals surface area contributed by atoms with Gasteiger partial charge in [-0.15, -0.1) is 0 Å². The Hall–Kier alpha value is -5.23. The molecule has 6 heteroatoms. The predicted octanol–water partition coefficient (Wildman–Crippen LogP) is 17.2. The molecule has 0 aromatic heterocycles. The van der Waals surface area contributed by atoms with E-state index >= 15 is 0 Å². The van der Waals surface area contributed by atoms with Crippen molar-refractivity contribution in [3.63, 3.8) is 0 Å². The Labute approximate surface area is 409 Å². The minimum Gasteiger partial charge on any atom is -0.462 e. The molecule has 0 fully saturated rings. The van der Waals surface area contributed by atoms with E-state index in [-0.39, 0.29) is 44.0 Å². The maximum absolute atomic E-state index is 12.8. The molecule has 0 N–H and O–H groups in total. The molecule has 0 aromatic rings. The van der Waals surface area contributed by atoms with E-state index in [1.165, 1.54) is 38.5 Å². The summed E-state index contributed by atoms with van der Waals surface area (Å²) in [4.78, 5) is 38.0. The first-order valence-electron chi connectivity index (χ1n) is 25.8. The molecule has 67 heavy (non-hydrogen) atoms. The van der Waals surface area contributed by atoms with Gasteiger partial charge in [0.25, 0.3) is 0 Å². The quantitative estimate of drug-likeness (QED) is 0.0199. The van der Waals surface area contributed by atoms with Gasteiger partial charge in [0.15, 0.2) is 6.10 Å². The first-order chi connectivity index (χ1) is 33.0. The lowest BCUT2D eigenvalue weighted by Crippen LogP contribution is -2.30. The lowest BCUT2D eigenvalue weighted by molar-refractivity contribution is -0.167.